The summed E-state index contributed by atoms with van der Waals surface area (Å²) in [5, 5.41) is 3.15. The van der Waals surface area contributed by atoms with Crippen molar-refractivity contribution in [3.63, 3.8) is 0 Å². The highest BCUT2D eigenvalue weighted by atomic mass is 32.1. The third-order valence-corrected chi connectivity index (χ3v) is 5.78. The number of likely N-dealkylation sites (tertiary alicyclic amines) is 1. The highest BCUT2D eigenvalue weighted by Crippen LogP contribution is 2.24. The molecule has 5 nitrogen and oxygen atoms in total. The van der Waals surface area contributed by atoms with Gasteiger partial charge in [-0.2, -0.15) is 0 Å². The van der Waals surface area contributed by atoms with Gasteiger partial charge < -0.3 is 4.40 Å². The van der Waals surface area contributed by atoms with Crippen LogP contribution in [0.5, 0.6) is 0 Å². The standard InChI is InChI=1S/C19H24FN5S/c1-14-22-16(13-26-14)10-24-9-15(20)7-17(24)11-23(2)12-18-8-21-19-5-3-4-6-25(18)19/h3-6,8,13,15,17H,7,9-12H2,1-2H3/t15-,17-/m0/s1. The topological polar surface area (TPSA) is 36.7 Å². The molecular weight excluding hydrogens is 349 g/mol. The number of rotatable bonds is 6. The Labute approximate surface area is 157 Å². The summed E-state index contributed by atoms with van der Waals surface area (Å²) in [5.74, 6) is 0. The number of fused-ring (bicyclic) bond motifs is 1. The normalized spacial score (nSPS) is 21.2. The van der Waals surface area contributed by atoms with Crippen LogP contribution in [-0.2, 0) is 13.1 Å². The van der Waals surface area contributed by atoms with Crippen molar-refractivity contribution in [2.24, 2.45) is 0 Å². The van der Waals surface area contributed by atoms with Gasteiger partial charge in [0, 0.05) is 43.8 Å². The van der Waals surface area contributed by atoms with Crippen LogP contribution in [0, 0.1) is 6.92 Å². The molecule has 0 spiro atoms. The summed E-state index contributed by atoms with van der Waals surface area (Å²) < 4.78 is 16.2. The third kappa shape index (κ3) is 3.79. The Bertz CT molecular complexity index is 876. The minimum absolute atomic E-state index is 0.219. The Morgan fingerprint density at radius 2 is 2.27 bits per heavy atom. The average Bonchev–Trinajstić information content (AvgIpc) is 3.29. The molecule has 26 heavy (non-hydrogen) atoms. The second-order valence-electron chi connectivity index (χ2n) is 7.15. The van der Waals surface area contributed by atoms with Gasteiger partial charge in [0.15, 0.2) is 0 Å². The molecule has 7 heteroatoms. The zero-order chi connectivity index (χ0) is 18.1. The number of thiazole rings is 1. The van der Waals surface area contributed by atoms with Gasteiger partial charge in [-0.25, -0.2) is 14.4 Å². The Balaban J connectivity index is 1.41. The van der Waals surface area contributed by atoms with Crippen molar-refractivity contribution >= 4 is 17.0 Å². The molecule has 1 saturated heterocycles. The number of hydrogen-bond donors (Lipinski definition) is 0. The van der Waals surface area contributed by atoms with E-state index in [2.05, 4.69) is 36.6 Å². The van der Waals surface area contributed by atoms with Crippen LogP contribution in [0.25, 0.3) is 5.65 Å². The first-order valence-corrected chi connectivity index (χ1v) is 9.85. The van der Waals surface area contributed by atoms with E-state index in [1.807, 2.05) is 37.5 Å². The lowest BCUT2D eigenvalue weighted by atomic mass is 10.2. The van der Waals surface area contributed by atoms with E-state index < -0.39 is 6.17 Å². The number of pyridine rings is 1. The van der Waals surface area contributed by atoms with Crippen molar-refractivity contribution < 1.29 is 4.39 Å². The molecule has 0 amide bonds. The molecule has 3 aromatic heterocycles. The molecule has 2 atom stereocenters. The molecule has 1 fully saturated rings. The van der Waals surface area contributed by atoms with Crippen LogP contribution < -0.4 is 0 Å². The maximum atomic E-state index is 14.1. The summed E-state index contributed by atoms with van der Waals surface area (Å²) in [5.41, 5.74) is 3.16. The van der Waals surface area contributed by atoms with E-state index in [9.17, 15) is 4.39 Å². The van der Waals surface area contributed by atoms with Crippen molar-refractivity contribution in [3.8, 4) is 0 Å². The maximum absolute atomic E-state index is 14.1. The lowest BCUT2D eigenvalue weighted by Crippen LogP contribution is -2.38. The second kappa shape index (κ2) is 7.42. The number of imidazole rings is 1. The van der Waals surface area contributed by atoms with Gasteiger partial charge in [-0.15, -0.1) is 11.3 Å². The molecule has 1 aliphatic rings. The van der Waals surface area contributed by atoms with Gasteiger partial charge in [0.05, 0.1) is 22.6 Å². The summed E-state index contributed by atoms with van der Waals surface area (Å²) in [6, 6.07) is 6.23. The minimum atomic E-state index is -0.746. The fraction of sp³-hybridized carbons (Fsp3) is 0.474. The Morgan fingerprint density at radius 1 is 1.38 bits per heavy atom. The quantitative estimate of drug-likeness (QED) is 0.665. The van der Waals surface area contributed by atoms with E-state index >= 15 is 0 Å². The summed E-state index contributed by atoms with van der Waals surface area (Å²) >= 11 is 1.66. The number of aryl methyl sites for hydroxylation is 1. The van der Waals surface area contributed by atoms with Gasteiger partial charge in [-0.1, -0.05) is 6.07 Å². The lowest BCUT2D eigenvalue weighted by molar-refractivity contribution is 0.178. The van der Waals surface area contributed by atoms with Crippen LogP contribution in [0.15, 0.2) is 36.0 Å². The Morgan fingerprint density at radius 3 is 3.08 bits per heavy atom. The van der Waals surface area contributed by atoms with E-state index in [-0.39, 0.29) is 6.04 Å². The van der Waals surface area contributed by atoms with Crippen LogP contribution in [0.4, 0.5) is 4.39 Å². The number of aromatic nitrogens is 3. The fourth-order valence-corrected chi connectivity index (χ4v) is 4.40. The van der Waals surface area contributed by atoms with Gasteiger partial charge >= 0.3 is 0 Å². The number of alkyl halides is 1. The van der Waals surface area contributed by atoms with Crippen LogP contribution in [0.3, 0.4) is 0 Å². The van der Waals surface area contributed by atoms with Crippen LogP contribution in [-0.4, -0.2) is 56.5 Å². The first-order valence-electron chi connectivity index (χ1n) is 8.97. The predicted molar refractivity (Wildman–Crippen MR) is 102 cm³/mol. The minimum Gasteiger partial charge on any atom is -0.303 e. The maximum Gasteiger partial charge on any atom is 0.136 e. The second-order valence-corrected chi connectivity index (χ2v) is 8.21. The zero-order valence-electron chi connectivity index (χ0n) is 15.2. The van der Waals surface area contributed by atoms with Crippen LogP contribution >= 0.6 is 11.3 Å². The van der Waals surface area contributed by atoms with Gasteiger partial charge in [-0.05, 0) is 32.5 Å². The van der Waals surface area contributed by atoms with Crippen LogP contribution in [0.2, 0.25) is 0 Å². The molecule has 4 rings (SSSR count). The molecule has 0 radical (unpaired) electrons. The van der Waals surface area contributed by atoms with Crippen molar-refractivity contribution in [3.05, 3.63) is 52.4 Å². The van der Waals surface area contributed by atoms with E-state index in [1.165, 1.54) is 0 Å². The average molecular weight is 374 g/mol. The molecule has 3 aromatic rings. The molecule has 0 bridgehead atoms. The van der Waals surface area contributed by atoms with Crippen LogP contribution in [0.1, 0.15) is 22.8 Å². The largest absolute Gasteiger partial charge is 0.303 e. The predicted octanol–water partition coefficient (Wildman–Crippen LogP) is 3.14. The highest BCUT2D eigenvalue weighted by molar-refractivity contribution is 7.09. The molecule has 0 saturated carbocycles. The summed E-state index contributed by atoms with van der Waals surface area (Å²) in [6.45, 7) is 4.88. The summed E-state index contributed by atoms with van der Waals surface area (Å²) in [6.07, 6.45) is 3.81. The number of halogens is 1. The Hall–Kier alpha value is -1.83. The van der Waals surface area contributed by atoms with Gasteiger partial charge in [0.1, 0.15) is 11.8 Å². The monoisotopic (exact) mass is 373 g/mol. The molecule has 0 N–H and O–H groups in total. The van der Waals surface area contributed by atoms with Gasteiger partial charge in [-0.3, -0.25) is 9.80 Å². The van der Waals surface area contributed by atoms with E-state index in [0.29, 0.717) is 13.0 Å². The van der Waals surface area contributed by atoms with E-state index in [1.54, 1.807) is 11.3 Å². The fourth-order valence-electron chi connectivity index (χ4n) is 3.80. The molecule has 0 unspecified atom stereocenters. The molecule has 0 aliphatic carbocycles. The van der Waals surface area contributed by atoms with Crippen molar-refractivity contribution in [1.82, 2.24) is 24.2 Å². The number of hydrogen-bond acceptors (Lipinski definition) is 5. The highest BCUT2D eigenvalue weighted by Gasteiger charge is 2.33. The number of likely N-dealkylation sites (N-methyl/N-ethyl adjacent to an activating group) is 1. The van der Waals surface area contributed by atoms with E-state index in [4.69, 9.17) is 0 Å². The summed E-state index contributed by atoms with van der Waals surface area (Å²) in [7, 11) is 2.10. The number of nitrogens with zero attached hydrogens (tertiary/aromatic N) is 5. The third-order valence-electron chi connectivity index (χ3n) is 4.96. The zero-order valence-corrected chi connectivity index (χ0v) is 16.0. The van der Waals surface area contributed by atoms with Gasteiger partial charge in [0.2, 0.25) is 0 Å². The molecule has 4 heterocycles. The first-order chi connectivity index (χ1) is 12.6. The molecule has 1 aliphatic heterocycles. The van der Waals surface area contributed by atoms with Gasteiger partial charge in [0.25, 0.3) is 0 Å². The lowest BCUT2D eigenvalue weighted by Gasteiger charge is -2.27. The molecule has 0 aromatic carbocycles. The van der Waals surface area contributed by atoms with Crippen molar-refractivity contribution in [2.75, 3.05) is 20.1 Å². The van der Waals surface area contributed by atoms with Crippen molar-refractivity contribution in [2.45, 2.75) is 38.6 Å². The summed E-state index contributed by atoms with van der Waals surface area (Å²) in [4.78, 5) is 13.5. The van der Waals surface area contributed by atoms with E-state index in [0.717, 1.165) is 41.7 Å². The van der Waals surface area contributed by atoms with Crippen molar-refractivity contribution in [1.29, 1.82) is 0 Å². The SMILES string of the molecule is Cc1nc(CN2C[C@@H](F)C[C@H]2CN(C)Cc2cnc3ccccn23)cs1. The Kier molecular flexibility index (Phi) is 5.02. The molecular formula is C19H24FN5S. The first kappa shape index (κ1) is 17.6. The smallest absolute Gasteiger partial charge is 0.136 e. The molecule has 138 valence electrons.